The van der Waals surface area contributed by atoms with Crippen molar-refractivity contribution in [2.75, 3.05) is 19.7 Å². The first-order valence-corrected chi connectivity index (χ1v) is 7.36. The Balaban J connectivity index is 2.74. The first-order valence-electron chi connectivity index (χ1n) is 5.40. The molecule has 18 heavy (non-hydrogen) atoms. The summed E-state index contributed by atoms with van der Waals surface area (Å²) < 4.78 is 32.4. The molecule has 1 aromatic rings. The molecular formula is C12H17NO4S. The van der Waals surface area contributed by atoms with Gasteiger partial charge in [0.2, 0.25) is 0 Å². The zero-order valence-corrected chi connectivity index (χ0v) is 11.2. The number of nitrogens with two attached hydrogens (primary N) is 1. The summed E-state index contributed by atoms with van der Waals surface area (Å²) in [5.41, 5.74) is 6.50. The average Bonchev–Trinajstić information content (AvgIpc) is 2.28. The minimum atomic E-state index is -3.24. The van der Waals surface area contributed by atoms with E-state index in [2.05, 4.69) is 0 Å². The van der Waals surface area contributed by atoms with Gasteiger partial charge in [0.25, 0.3) is 0 Å². The van der Waals surface area contributed by atoms with Gasteiger partial charge in [0.15, 0.2) is 16.6 Å². The van der Waals surface area contributed by atoms with E-state index in [1.807, 2.05) is 6.92 Å². The molecule has 100 valence electrons. The molecule has 0 saturated carbocycles. The molecule has 0 radical (unpaired) electrons. The van der Waals surface area contributed by atoms with Crippen LogP contribution < -0.4 is 10.5 Å². The molecule has 0 saturated heterocycles. The average molecular weight is 271 g/mol. The van der Waals surface area contributed by atoms with Crippen LogP contribution in [-0.2, 0) is 14.6 Å². The SMILES string of the molecule is CCOCOc1ccc(/C(N)=C/S(C)(=O)=O)cc1. The van der Waals surface area contributed by atoms with Crippen molar-refractivity contribution in [3.05, 3.63) is 35.2 Å². The number of ether oxygens (including phenoxy) is 2. The molecule has 0 bridgehead atoms. The number of hydrogen-bond acceptors (Lipinski definition) is 5. The molecule has 0 spiro atoms. The predicted octanol–water partition coefficient (Wildman–Crippen LogP) is 1.36. The van der Waals surface area contributed by atoms with E-state index in [4.69, 9.17) is 15.2 Å². The summed E-state index contributed by atoms with van der Waals surface area (Å²) in [4.78, 5) is 0. The van der Waals surface area contributed by atoms with E-state index in [0.717, 1.165) is 11.7 Å². The zero-order chi connectivity index (χ0) is 13.6. The van der Waals surface area contributed by atoms with Gasteiger partial charge in [-0.15, -0.1) is 0 Å². The second-order valence-electron chi connectivity index (χ2n) is 3.68. The van der Waals surface area contributed by atoms with Crippen molar-refractivity contribution in [2.24, 2.45) is 5.73 Å². The molecular weight excluding hydrogens is 254 g/mol. The highest BCUT2D eigenvalue weighted by atomic mass is 32.2. The van der Waals surface area contributed by atoms with Crippen LogP contribution in [0.4, 0.5) is 0 Å². The summed E-state index contributed by atoms with van der Waals surface area (Å²) in [7, 11) is -3.24. The van der Waals surface area contributed by atoms with Crippen LogP contribution in [0.25, 0.3) is 5.70 Å². The van der Waals surface area contributed by atoms with Crippen LogP contribution in [0, 0.1) is 0 Å². The number of rotatable bonds is 6. The van der Waals surface area contributed by atoms with Crippen LogP contribution in [-0.4, -0.2) is 28.1 Å². The molecule has 0 unspecified atom stereocenters. The van der Waals surface area contributed by atoms with Crippen LogP contribution in [0.2, 0.25) is 0 Å². The maximum absolute atomic E-state index is 11.1. The molecule has 2 N–H and O–H groups in total. The van der Waals surface area contributed by atoms with Crippen molar-refractivity contribution in [3.63, 3.8) is 0 Å². The summed E-state index contributed by atoms with van der Waals surface area (Å²) in [5.74, 6) is 0.638. The Bertz CT molecular complexity index is 505. The highest BCUT2D eigenvalue weighted by molar-refractivity contribution is 7.93. The highest BCUT2D eigenvalue weighted by Crippen LogP contribution is 2.16. The van der Waals surface area contributed by atoms with Crippen molar-refractivity contribution >= 4 is 15.5 Å². The van der Waals surface area contributed by atoms with E-state index in [-0.39, 0.29) is 12.5 Å². The molecule has 0 aromatic heterocycles. The van der Waals surface area contributed by atoms with Crippen molar-refractivity contribution in [3.8, 4) is 5.75 Å². The maximum Gasteiger partial charge on any atom is 0.189 e. The summed E-state index contributed by atoms with van der Waals surface area (Å²) in [6, 6.07) is 6.80. The monoisotopic (exact) mass is 271 g/mol. The van der Waals surface area contributed by atoms with Crippen LogP contribution in [0.15, 0.2) is 29.7 Å². The lowest BCUT2D eigenvalue weighted by molar-refractivity contribution is 0.0224. The van der Waals surface area contributed by atoms with Gasteiger partial charge in [0.1, 0.15) is 5.75 Å². The number of benzene rings is 1. The van der Waals surface area contributed by atoms with Crippen LogP contribution in [0.1, 0.15) is 12.5 Å². The third-order valence-corrected chi connectivity index (χ3v) is 2.72. The molecule has 1 aromatic carbocycles. The molecule has 0 aliphatic rings. The fraction of sp³-hybridized carbons (Fsp3) is 0.333. The Hall–Kier alpha value is -1.53. The van der Waals surface area contributed by atoms with E-state index in [0.29, 0.717) is 17.9 Å². The van der Waals surface area contributed by atoms with Crippen molar-refractivity contribution in [1.29, 1.82) is 0 Å². The molecule has 1 rings (SSSR count). The van der Waals surface area contributed by atoms with Gasteiger partial charge >= 0.3 is 0 Å². The minimum absolute atomic E-state index is 0.185. The van der Waals surface area contributed by atoms with Gasteiger partial charge < -0.3 is 15.2 Å². The summed E-state index contributed by atoms with van der Waals surface area (Å²) in [6.07, 6.45) is 1.10. The van der Waals surface area contributed by atoms with Crippen molar-refractivity contribution in [2.45, 2.75) is 6.92 Å². The van der Waals surface area contributed by atoms with E-state index < -0.39 is 9.84 Å². The van der Waals surface area contributed by atoms with Gasteiger partial charge in [0, 0.05) is 12.9 Å². The lowest BCUT2D eigenvalue weighted by Crippen LogP contribution is -2.03. The lowest BCUT2D eigenvalue weighted by Gasteiger charge is -2.07. The molecule has 0 aliphatic heterocycles. The first-order chi connectivity index (χ1) is 8.42. The third-order valence-electron chi connectivity index (χ3n) is 2.04. The van der Waals surface area contributed by atoms with E-state index in [1.54, 1.807) is 24.3 Å². The highest BCUT2D eigenvalue weighted by Gasteiger charge is 2.02. The molecule has 6 heteroatoms. The third kappa shape index (κ3) is 5.20. The fourth-order valence-electron chi connectivity index (χ4n) is 1.24. The predicted molar refractivity (Wildman–Crippen MR) is 70.6 cm³/mol. The summed E-state index contributed by atoms with van der Waals surface area (Å²) >= 11 is 0. The molecule has 0 fully saturated rings. The van der Waals surface area contributed by atoms with Gasteiger partial charge in [-0.1, -0.05) is 0 Å². The fourth-order valence-corrected chi connectivity index (χ4v) is 1.83. The summed E-state index contributed by atoms with van der Waals surface area (Å²) in [6.45, 7) is 2.65. The van der Waals surface area contributed by atoms with Crippen molar-refractivity contribution < 1.29 is 17.9 Å². The standard InChI is InChI=1S/C12H17NO4S/c1-3-16-9-17-11-6-4-10(5-7-11)12(13)8-18(2,14)15/h4-8H,3,9,13H2,1-2H3/b12-8-. The Kier molecular flexibility index (Phi) is 5.18. The quantitative estimate of drug-likeness (QED) is 0.624. The molecule has 0 heterocycles. The molecule has 0 aliphatic carbocycles. The second kappa shape index (κ2) is 6.42. The van der Waals surface area contributed by atoms with Gasteiger partial charge in [-0.05, 0) is 36.8 Å². The smallest absolute Gasteiger partial charge is 0.189 e. The zero-order valence-electron chi connectivity index (χ0n) is 10.4. The second-order valence-corrected chi connectivity index (χ2v) is 5.58. The van der Waals surface area contributed by atoms with E-state index in [1.165, 1.54) is 0 Å². The van der Waals surface area contributed by atoms with Crippen LogP contribution in [0.5, 0.6) is 5.75 Å². The Labute approximate surface area is 107 Å². The maximum atomic E-state index is 11.1. The van der Waals surface area contributed by atoms with E-state index >= 15 is 0 Å². The normalized spacial score (nSPS) is 12.4. The van der Waals surface area contributed by atoms with E-state index in [9.17, 15) is 8.42 Å². The largest absolute Gasteiger partial charge is 0.468 e. The van der Waals surface area contributed by atoms with Gasteiger partial charge in [-0.2, -0.15) is 0 Å². The Morgan fingerprint density at radius 3 is 2.44 bits per heavy atom. The molecule has 0 amide bonds. The molecule has 0 atom stereocenters. The van der Waals surface area contributed by atoms with Crippen molar-refractivity contribution in [1.82, 2.24) is 0 Å². The van der Waals surface area contributed by atoms with Gasteiger partial charge in [0.05, 0.1) is 11.1 Å². The Morgan fingerprint density at radius 1 is 1.33 bits per heavy atom. The molecule has 5 nitrogen and oxygen atoms in total. The number of hydrogen-bond donors (Lipinski definition) is 1. The topological polar surface area (TPSA) is 78.6 Å². The van der Waals surface area contributed by atoms with Crippen LogP contribution in [0.3, 0.4) is 0 Å². The van der Waals surface area contributed by atoms with Gasteiger partial charge in [-0.25, -0.2) is 8.42 Å². The van der Waals surface area contributed by atoms with Crippen LogP contribution >= 0.6 is 0 Å². The Morgan fingerprint density at radius 2 is 1.94 bits per heavy atom. The minimum Gasteiger partial charge on any atom is -0.468 e. The number of sulfone groups is 1. The summed E-state index contributed by atoms with van der Waals surface area (Å²) in [5, 5.41) is 1.03. The lowest BCUT2D eigenvalue weighted by atomic mass is 10.2. The van der Waals surface area contributed by atoms with Gasteiger partial charge in [-0.3, -0.25) is 0 Å². The first kappa shape index (κ1) is 14.5.